The van der Waals surface area contributed by atoms with Crippen LogP contribution in [0.3, 0.4) is 0 Å². The standard InChI is InChI=1S/C13H12BrClN2O2/c1-7-3-9(4-10(15)12(7)14)13(18)17-6-11-16-5-8(2)19-11/h3-5H,6H2,1-2H3,(H,17,18). The molecule has 0 radical (unpaired) electrons. The number of oxazole rings is 1. The van der Waals surface area contributed by atoms with Gasteiger partial charge in [-0.1, -0.05) is 11.6 Å². The topological polar surface area (TPSA) is 55.1 Å². The summed E-state index contributed by atoms with van der Waals surface area (Å²) >= 11 is 9.38. The average molecular weight is 344 g/mol. The van der Waals surface area contributed by atoms with Gasteiger partial charge in [0.05, 0.1) is 17.8 Å². The monoisotopic (exact) mass is 342 g/mol. The first kappa shape index (κ1) is 14.1. The third-order valence-electron chi connectivity index (χ3n) is 2.54. The summed E-state index contributed by atoms with van der Waals surface area (Å²) in [6.45, 7) is 3.93. The van der Waals surface area contributed by atoms with E-state index in [1.54, 1.807) is 25.3 Å². The Hall–Kier alpha value is -1.33. The van der Waals surface area contributed by atoms with Gasteiger partial charge in [-0.05, 0) is 47.5 Å². The van der Waals surface area contributed by atoms with E-state index in [-0.39, 0.29) is 12.5 Å². The zero-order chi connectivity index (χ0) is 14.0. The first-order chi connectivity index (χ1) is 8.97. The molecule has 0 aliphatic rings. The van der Waals surface area contributed by atoms with Crippen LogP contribution in [-0.4, -0.2) is 10.9 Å². The molecule has 100 valence electrons. The van der Waals surface area contributed by atoms with Crippen LogP contribution in [0, 0.1) is 13.8 Å². The van der Waals surface area contributed by atoms with E-state index in [0.29, 0.717) is 22.2 Å². The second kappa shape index (κ2) is 5.75. The van der Waals surface area contributed by atoms with Crippen LogP contribution < -0.4 is 5.32 Å². The fraction of sp³-hybridized carbons (Fsp3) is 0.231. The van der Waals surface area contributed by atoms with Crippen molar-refractivity contribution in [2.75, 3.05) is 0 Å². The molecule has 1 N–H and O–H groups in total. The molecule has 0 atom stereocenters. The summed E-state index contributed by atoms with van der Waals surface area (Å²) in [4.78, 5) is 16.0. The quantitative estimate of drug-likeness (QED) is 0.925. The molecule has 0 aliphatic heterocycles. The molecule has 0 spiro atoms. The summed E-state index contributed by atoms with van der Waals surface area (Å²) in [5.41, 5.74) is 1.42. The third kappa shape index (κ3) is 3.36. The first-order valence-electron chi connectivity index (χ1n) is 5.62. The Balaban J connectivity index is 2.08. The van der Waals surface area contributed by atoms with Crippen LogP contribution in [0.1, 0.15) is 27.6 Å². The molecule has 2 rings (SSSR count). The zero-order valence-corrected chi connectivity index (χ0v) is 12.8. The maximum Gasteiger partial charge on any atom is 0.251 e. The molecule has 0 unspecified atom stereocenters. The maximum atomic E-state index is 12.0. The Morgan fingerprint density at radius 2 is 2.21 bits per heavy atom. The van der Waals surface area contributed by atoms with Gasteiger partial charge in [-0.3, -0.25) is 4.79 Å². The molecule has 1 aromatic carbocycles. The highest BCUT2D eigenvalue weighted by Crippen LogP contribution is 2.27. The van der Waals surface area contributed by atoms with E-state index in [4.69, 9.17) is 16.0 Å². The number of benzene rings is 1. The lowest BCUT2D eigenvalue weighted by molar-refractivity contribution is 0.0947. The molecule has 1 heterocycles. The van der Waals surface area contributed by atoms with Crippen molar-refractivity contribution < 1.29 is 9.21 Å². The Bertz CT molecular complexity index is 602. The lowest BCUT2D eigenvalue weighted by Crippen LogP contribution is -2.23. The van der Waals surface area contributed by atoms with Gasteiger partial charge in [-0.25, -0.2) is 4.98 Å². The molecule has 6 heteroatoms. The van der Waals surface area contributed by atoms with Gasteiger partial charge in [0.2, 0.25) is 5.89 Å². The second-order valence-electron chi connectivity index (χ2n) is 4.14. The van der Waals surface area contributed by atoms with Gasteiger partial charge in [-0.2, -0.15) is 0 Å². The molecular weight excluding hydrogens is 332 g/mol. The Labute approximate surface area is 124 Å². The number of aromatic nitrogens is 1. The lowest BCUT2D eigenvalue weighted by atomic mass is 10.1. The van der Waals surface area contributed by atoms with Gasteiger partial charge in [0.1, 0.15) is 5.76 Å². The first-order valence-corrected chi connectivity index (χ1v) is 6.79. The number of rotatable bonds is 3. The van der Waals surface area contributed by atoms with Crippen LogP contribution in [0.4, 0.5) is 0 Å². The lowest BCUT2D eigenvalue weighted by Gasteiger charge is -2.07. The van der Waals surface area contributed by atoms with Crippen molar-refractivity contribution >= 4 is 33.4 Å². The number of carbonyl (C=O) groups excluding carboxylic acids is 1. The van der Waals surface area contributed by atoms with Gasteiger partial charge in [-0.15, -0.1) is 0 Å². The highest BCUT2D eigenvalue weighted by molar-refractivity contribution is 9.10. The van der Waals surface area contributed by atoms with E-state index in [1.807, 2.05) is 6.92 Å². The van der Waals surface area contributed by atoms with Gasteiger partial charge in [0, 0.05) is 10.0 Å². The molecule has 0 saturated heterocycles. The minimum atomic E-state index is -0.214. The van der Waals surface area contributed by atoms with Crippen LogP contribution in [0.15, 0.2) is 27.2 Å². The van der Waals surface area contributed by atoms with E-state index in [1.165, 1.54) is 0 Å². The number of halogens is 2. The van der Waals surface area contributed by atoms with Crippen LogP contribution >= 0.6 is 27.5 Å². The molecule has 19 heavy (non-hydrogen) atoms. The van der Waals surface area contributed by atoms with Crippen molar-refractivity contribution in [1.29, 1.82) is 0 Å². The van der Waals surface area contributed by atoms with Crippen molar-refractivity contribution in [2.45, 2.75) is 20.4 Å². The average Bonchev–Trinajstić information content (AvgIpc) is 2.78. The smallest absolute Gasteiger partial charge is 0.251 e. The molecule has 4 nitrogen and oxygen atoms in total. The summed E-state index contributed by atoms with van der Waals surface area (Å²) in [6.07, 6.45) is 1.61. The number of nitrogens with zero attached hydrogens (tertiary/aromatic N) is 1. The number of hydrogen-bond donors (Lipinski definition) is 1. The minimum Gasteiger partial charge on any atom is -0.444 e. The Kier molecular flexibility index (Phi) is 4.27. The van der Waals surface area contributed by atoms with E-state index >= 15 is 0 Å². The number of aryl methyl sites for hydroxylation is 2. The van der Waals surface area contributed by atoms with E-state index < -0.39 is 0 Å². The van der Waals surface area contributed by atoms with E-state index in [2.05, 4.69) is 26.2 Å². The number of carbonyl (C=O) groups is 1. The summed E-state index contributed by atoms with van der Waals surface area (Å²) in [5, 5.41) is 3.24. The van der Waals surface area contributed by atoms with Crippen molar-refractivity contribution in [2.24, 2.45) is 0 Å². The van der Waals surface area contributed by atoms with Crippen molar-refractivity contribution in [3.63, 3.8) is 0 Å². The van der Waals surface area contributed by atoms with Gasteiger partial charge in [0.25, 0.3) is 5.91 Å². The van der Waals surface area contributed by atoms with Crippen LogP contribution in [0.2, 0.25) is 5.02 Å². The van der Waals surface area contributed by atoms with Gasteiger partial charge < -0.3 is 9.73 Å². The SMILES string of the molecule is Cc1cnc(CNC(=O)c2cc(C)c(Br)c(Cl)c2)o1. The Morgan fingerprint density at radius 1 is 1.47 bits per heavy atom. The van der Waals surface area contributed by atoms with E-state index in [9.17, 15) is 4.79 Å². The summed E-state index contributed by atoms with van der Waals surface area (Å²) < 4.78 is 6.08. The highest BCUT2D eigenvalue weighted by atomic mass is 79.9. The normalized spacial score (nSPS) is 10.5. The molecular formula is C13H12BrClN2O2. The third-order valence-corrected chi connectivity index (χ3v) is 4.12. The van der Waals surface area contributed by atoms with E-state index in [0.717, 1.165) is 10.0 Å². The maximum absolute atomic E-state index is 12.0. The molecule has 2 aromatic rings. The molecule has 0 fully saturated rings. The summed E-state index contributed by atoms with van der Waals surface area (Å²) in [6, 6.07) is 3.39. The summed E-state index contributed by atoms with van der Waals surface area (Å²) in [7, 11) is 0. The number of nitrogens with one attached hydrogen (secondary N) is 1. The molecule has 1 amide bonds. The molecule has 1 aromatic heterocycles. The van der Waals surface area contributed by atoms with Gasteiger partial charge in [0.15, 0.2) is 0 Å². The molecule has 0 bridgehead atoms. The predicted molar refractivity (Wildman–Crippen MR) is 76.3 cm³/mol. The highest BCUT2D eigenvalue weighted by Gasteiger charge is 2.11. The van der Waals surface area contributed by atoms with Crippen LogP contribution in [0.5, 0.6) is 0 Å². The number of hydrogen-bond acceptors (Lipinski definition) is 3. The second-order valence-corrected chi connectivity index (χ2v) is 5.34. The number of amides is 1. The van der Waals surface area contributed by atoms with Gasteiger partial charge >= 0.3 is 0 Å². The fourth-order valence-corrected chi connectivity index (χ4v) is 2.09. The van der Waals surface area contributed by atoms with Crippen LogP contribution in [-0.2, 0) is 6.54 Å². The van der Waals surface area contributed by atoms with Crippen molar-refractivity contribution in [3.05, 3.63) is 50.6 Å². The van der Waals surface area contributed by atoms with Crippen molar-refractivity contribution in [1.82, 2.24) is 10.3 Å². The molecule has 0 saturated carbocycles. The van der Waals surface area contributed by atoms with Crippen LogP contribution in [0.25, 0.3) is 0 Å². The minimum absolute atomic E-state index is 0.214. The molecule has 0 aliphatic carbocycles. The van der Waals surface area contributed by atoms with Crippen molar-refractivity contribution in [3.8, 4) is 0 Å². The predicted octanol–water partition coefficient (Wildman–Crippen LogP) is 3.64. The largest absolute Gasteiger partial charge is 0.444 e. The Morgan fingerprint density at radius 3 is 2.79 bits per heavy atom. The fourth-order valence-electron chi connectivity index (χ4n) is 1.60. The summed E-state index contributed by atoms with van der Waals surface area (Å²) in [5.74, 6) is 0.978. The zero-order valence-electron chi connectivity index (χ0n) is 10.5.